The lowest BCUT2D eigenvalue weighted by Gasteiger charge is -2.22. The molecule has 1 saturated carbocycles. The van der Waals surface area contributed by atoms with Crippen molar-refractivity contribution in [3.63, 3.8) is 0 Å². The second kappa shape index (κ2) is 11.9. The Balaban J connectivity index is 1.32. The Morgan fingerprint density at radius 3 is 2.27 bits per heavy atom. The van der Waals surface area contributed by atoms with Crippen molar-refractivity contribution in [3.05, 3.63) is 125 Å². The van der Waals surface area contributed by atoms with Gasteiger partial charge in [-0.3, -0.25) is 9.78 Å². The molecular weight excluding hydrogens is 536 g/mol. The van der Waals surface area contributed by atoms with Gasteiger partial charge >= 0.3 is 0 Å². The summed E-state index contributed by atoms with van der Waals surface area (Å²) in [6.45, 7) is 2.68. The summed E-state index contributed by atoms with van der Waals surface area (Å²) in [7, 11) is -3.91. The van der Waals surface area contributed by atoms with Crippen LogP contribution in [0.25, 0.3) is 0 Å². The zero-order chi connectivity index (χ0) is 28.9. The molecular formula is C32H30N4O4S. The molecule has 4 aromatic rings. The first-order chi connectivity index (χ1) is 19.8. The van der Waals surface area contributed by atoms with Crippen molar-refractivity contribution >= 4 is 15.9 Å². The van der Waals surface area contributed by atoms with Crippen LogP contribution in [-0.4, -0.2) is 30.2 Å². The average molecular weight is 567 g/mol. The summed E-state index contributed by atoms with van der Waals surface area (Å²) in [5, 5.41) is 12.3. The Kier molecular flexibility index (Phi) is 8.15. The third-order valence-electron chi connectivity index (χ3n) is 7.08. The van der Waals surface area contributed by atoms with Crippen molar-refractivity contribution in [1.82, 2.24) is 14.6 Å². The molecule has 0 spiro atoms. The molecule has 1 aromatic heterocycles. The van der Waals surface area contributed by atoms with Gasteiger partial charge in [0.05, 0.1) is 40.9 Å². The smallest absolute Gasteiger partial charge is 0.251 e. The maximum Gasteiger partial charge on any atom is 0.251 e. The lowest BCUT2D eigenvalue weighted by atomic mass is 10.0. The van der Waals surface area contributed by atoms with Crippen molar-refractivity contribution in [2.24, 2.45) is 0 Å². The number of benzene rings is 3. The Morgan fingerprint density at radius 1 is 0.976 bits per heavy atom. The Morgan fingerprint density at radius 2 is 1.68 bits per heavy atom. The van der Waals surface area contributed by atoms with E-state index < -0.39 is 10.0 Å². The number of rotatable bonds is 11. The Labute approximate surface area is 240 Å². The lowest BCUT2D eigenvalue weighted by Crippen LogP contribution is -2.34. The lowest BCUT2D eigenvalue weighted by molar-refractivity contribution is 0.0930. The van der Waals surface area contributed by atoms with Gasteiger partial charge in [0.15, 0.2) is 0 Å². The van der Waals surface area contributed by atoms with E-state index in [1.54, 1.807) is 42.6 Å². The maximum absolute atomic E-state index is 13.6. The monoisotopic (exact) mass is 566 g/mol. The van der Waals surface area contributed by atoms with E-state index in [-0.39, 0.29) is 29.4 Å². The molecule has 0 unspecified atom stereocenters. The number of sulfonamides is 1. The average Bonchev–Trinajstić information content (AvgIpc) is 3.78. The summed E-state index contributed by atoms with van der Waals surface area (Å²) in [6.07, 6.45) is 3.34. The molecule has 0 bridgehead atoms. The number of amides is 1. The number of nitrogens with one attached hydrogen (secondary N) is 1. The van der Waals surface area contributed by atoms with Crippen LogP contribution in [0.4, 0.5) is 0 Å². The SMILES string of the molecule is CCOc1ccc(C2(NC(=O)c3ccc(CN(Cc4ccccn4)S(=O)(=O)c4ccc(C#N)cc4)cc3)CC2)cc1. The fourth-order valence-corrected chi connectivity index (χ4v) is 6.05. The largest absolute Gasteiger partial charge is 0.494 e. The molecule has 0 aliphatic heterocycles. The van der Waals surface area contributed by atoms with Crippen molar-refractivity contribution in [3.8, 4) is 11.8 Å². The molecule has 41 heavy (non-hydrogen) atoms. The van der Waals surface area contributed by atoms with Crippen molar-refractivity contribution in [2.75, 3.05) is 6.61 Å². The topological polar surface area (TPSA) is 112 Å². The van der Waals surface area contributed by atoms with Gasteiger partial charge in [0.1, 0.15) is 5.75 Å². The first-order valence-corrected chi connectivity index (χ1v) is 14.8. The maximum atomic E-state index is 13.6. The van der Waals surface area contributed by atoms with Crippen molar-refractivity contribution in [1.29, 1.82) is 5.26 Å². The first-order valence-electron chi connectivity index (χ1n) is 13.4. The first kappa shape index (κ1) is 28.0. The van der Waals surface area contributed by atoms with E-state index in [4.69, 9.17) is 10.00 Å². The van der Waals surface area contributed by atoms with Crippen LogP contribution in [0.1, 0.15) is 52.5 Å². The zero-order valence-electron chi connectivity index (χ0n) is 22.7. The molecule has 1 amide bonds. The minimum atomic E-state index is -3.91. The highest BCUT2D eigenvalue weighted by Gasteiger charge is 2.45. The van der Waals surface area contributed by atoms with Gasteiger partial charge in [-0.25, -0.2) is 8.42 Å². The number of hydrogen-bond donors (Lipinski definition) is 1. The number of ether oxygens (including phenoxy) is 1. The van der Waals surface area contributed by atoms with Crippen LogP contribution in [0, 0.1) is 11.3 Å². The van der Waals surface area contributed by atoms with E-state index in [1.165, 1.54) is 28.6 Å². The fourth-order valence-electron chi connectivity index (χ4n) is 4.65. The van der Waals surface area contributed by atoms with Gasteiger partial charge in [-0.1, -0.05) is 30.3 Å². The van der Waals surface area contributed by atoms with E-state index >= 15 is 0 Å². The van der Waals surface area contributed by atoms with E-state index in [0.717, 1.165) is 29.7 Å². The van der Waals surface area contributed by atoms with Gasteiger partial charge in [0, 0.05) is 18.3 Å². The molecule has 1 fully saturated rings. The van der Waals surface area contributed by atoms with Crippen molar-refractivity contribution in [2.45, 2.75) is 43.3 Å². The fraction of sp³-hybridized carbons (Fsp3) is 0.219. The number of pyridine rings is 1. The van der Waals surface area contributed by atoms with Crippen LogP contribution >= 0.6 is 0 Å². The standard InChI is InChI=1S/C32H30N4O4S/c1-2-40-29-14-12-27(13-15-29)32(18-19-32)35-31(37)26-10-6-25(7-11-26)22-36(23-28-5-3-4-20-34-28)41(38,39)30-16-8-24(21-33)9-17-30/h3-17,20H,2,18-19,22-23H2,1H3,(H,35,37). The van der Waals surface area contributed by atoms with Gasteiger partial charge in [0.2, 0.25) is 10.0 Å². The highest BCUT2D eigenvalue weighted by Crippen LogP contribution is 2.46. The number of carbonyl (C=O) groups is 1. The molecule has 8 nitrogen and oxygen atoms in total. The zero-order valence-corrected chi connectivity index (χ0v) is 23.5. The number of aromatic nitrogens is 1. The summed E-state index contributed by atoms with van der Waals surface area (Å²) in [6, 6.07) is 28.0. The summed E-state index contributed by atoms with van der Waals surface area (Å²) >= 11 is 0. The van der Waals surface area contributed by atoms with Crippen LogP contribution in [-0.2, 0) is 28.7 Å². The number of nitriles is 1. The molecule has 1 N–H and O–H groups in total. The molecule has 9 heteroatoms. The predicted molar refractivity (Wildman–Crippen MR) is 154 cm³/mol. The van der Waals surface area contributed by atoms with Crippen LogP contribution < -0.4 is 10.1 Å². The van der Waals surface area contributed by atoms with Crippen LogP contribution in [0.15, 0.2) is 102 Å². The van der Waals surface area contributed by atoms with Gasteiger partial charge in [-0.05, 0) is 91.6 Å². The van der Waals surface area contributed by atoms with Crippen LogP contribution in [0.5, 0.6) is 5.75 Å². The molecule has 3 aromatic carbocycles. The normalized spacial score (nSPS) is 13.8. The molecule has 1 heterocycles. The molecule has 1 aliphatic rings. The second-order valence-electron chi connectivity index (χ2n) is 9.92. The Hall–Kier alpha value is -4.52. The Bertz CT molecular complexity index is 1640. The third-order valence-corrected chi connectivity index (χ3v) is 8.89. The minimum Gasteiger partial charge on any atom is -0.494 e. The molecule has 0 radical (unpaired) electrons. The number of nitrogens with zero attached hydrogens (tertiary/aromatic N) is 3. The van der Waals surface area contributed by atoms with Gasteiger partial charge in [-0.2, -0.15) is 9.57 Å². The van der Waals surface area contributed by atoms with Gasteiger partial charge < -0.3 is 10.1 Å². The van der Waals surface area contributed by atoms with E-state index in [0.29, 0.717) is 23.4 Å². The quantitative estimate of drug-likeness (QED) is 0.268. The van der Waals surface area contributed by atoms with E-state index in [1.807, 2.05) is 43.3 Å². The number of carbonyl (C=O) groups excluding carboxylic acids is 1. The predicted octanol–water partition coefficient (Wildman–Crippen LogP) is 5.16. The molecule has 0 atom stereocenters. The van der Waals surface area contributed by atoms with Gasteiger partial charge in [-0.15, -0.1) is 0 Å². The highest BCUT2D eigenvalue weighted by molar-refractivity contribution is 7.89. The molecule has 5 rings (SSSR count). The van der Waals surface area contributed by atoms with Gasteiger partial charge in [0.25, 0.3) is 5.91 Å². The summed E-state index contributed by atoms with van der Waals surface area (Å²) in [5.41, 5.74) is 2.87. The van der Waals surface area contributed by atoms with Crippen molar-refractivity contribution < 1.29 is 17.9 Å². The number of hydrogen-bond acceptors (Lipinski definition) is 6. The van der Waals surface area contributed by atoms with E-state index in [2.05, 4.69) is 10.3 Å². The highest BCUT2D eigenvalue weighted by atomic mass is 32.2. The summed E-state index contributed by atoms with van der Waals surface area (Å²) in [4.78, 5) is 17.5. The molecule has 208 valence electrons. The minimum absolute atomic E-state index is 0.0655. The third kappa shape index (κ3) is 6.46. The summed E-state index contributed by atoms with van der Waals surface area (Å²) < 4.78 is 34.1. The van der Waals surface area contributed by atoms with E-state index in [9.17, 15) is 13.2 Å². The summed E-state index contributed by atoms with van der Waals surface area (Å²) in [5.74, 6) is 0.616. The molecule has 1 aliphatic carbocycles. The second-order valence-corrected chi connectivity index (χ2v) is 11.9. The van der Waals surface area contributed by atoms with Crippen LogP contribution in [0.3, 0.4) is 0 Å². The van der Waals surface area contributed by atoms with Crippen LogP contribution in [0.2, 0.25) is 0 Å². The molecule has 0 saturated heterocycles.